The Morgan fingerprint density at radius 3 is 2.50 bits per heavy atom. The molecular weight excluding hydrogens is 360 g/mol. The van der Waals surface area contributed by atoms with Crippen LogP contribution < -0.4 is 0 Å². The van der Waals surface area contributed by atoms with E-state index in [0.29, 0.717) is 10.8 Å². The van der Waals surface area contributed by atoms with E-state index in [1.165, 1.54) is 70.6 Å². The van der Waals surface area contributed by atoms with E-state index in [1.807, 2.05) is 5.57 Å². The molecule has 0 aliphatic heterocycles. The molecule has 0 saturated heterocycles. The van der Waals surface area contributed by atoms with Gasteiger partial charge in [0.2, 0.25) is 0 Å². The Balaban J connectivity index is 1.54. The SMILES string of the molecule is CCC1C[C@H](C)CC2=CC[C@@]3(C)[C@@H]4CC[C@H]([C@H](C)CCCC(C)C)[C@@]4(C)CC[C@@H]3C21. The van der Waals surface area contributed by atoms with Crippen LogP contribution in [0.3, 0.4) is 0 Å². The van der Waals surface area contributed by atoms with Gasteiger partial charge in [0.05, 0.1) is 0 Å². The zero-order valence-electron chi connectivity index (χ0n) is 21.5. The Bertz CT molecular complexity index is 628. The molecule has 0 heterocycles. The third kappa shape index (κ3) is 3.75. The second-order valence-electron chi connectivity index (χ2n) is 13.4. The predicted molar refractivity (Wildman–Crippen MR) is 131 cm³/mol. The lowest BCUT2D eigenvalue weighted by molar-refractivity contribution is -0.0960. The van der Waals surface area contributed by atoms with Gasteiger partial charge in [-0.05, 0) is 103 Å². The van der Waals surface area contributed by atoms with Crippen molar-refractivity contribution in [3.05, 3.63) is 11.6 Å². The van der Waals surface area contributed by atoms with Gasteiger partial charge in [0.1, 0.15) is 0 Å². The number of allylic oxidation sites excluding steroid dienone is 2. The van der Waals surface area contributed by atoms with Crippen molar-refractivity contribution in [3.63, 3.8) is 0 Å². The van der Waals surface area contributed by atoms with Crippen LogP contribution in [0, 0.1) is 58.2 Å². The van der Waals surface area contributed by atoms with Crippen molar-refractivity contribution in [2.75, 3.05) is 0 Å². The molecule has 0 aromatic rings. The van der Waals surface area contributed by atoms with Crippen molar-refractivity contribution in [2.45, 2.75) is 119 Å². The number of hydrogen-bond donors (Lipinski definition) is 0. The van der Waals surface area contributed by atoms with Crippen LogP contribution in [0.4, 0.5) is 0 Å². The van der Waals surface area contributed by atoms with E-state index in [2.05, 4.69) is 54.5 Å². The molecule has 0 bridgehead atoms. The Labute approximate surface area is 189 Å². The smallest absolute Gasteiger partial charge is 0.0141 e. The van der Waals surface area contributed by atoms with Crippen molar-refractivity contribution in [1.82, 2.24) is 0 Å². The van der Waals surface area contributed by atoms with Crippen LogP contribution in [0.1, 0.15) is 119 Å². The predicted octanol–water partition coefficient (Wildman–Crippen LogP) is 9.30. The van der Waals surface area contributed by atoms with Crippen molar-refractivity contribution in [2.24, 2.45) is 58.2 Å². The summed E-state index contributed by atoms with van der Waals surface area (Å²) in [4.78, 5) is 0. The molecule has 0 N–H and O–H groups in total. The molecular formula is C30H52. The summed E-state index contributed by atoms with van der Waals surface area (Å²) in [5, 5.41) is 0. The number of hydrogen-bond acceptors (Lipinski definition) is 0. The lowest BCUT2D eigenvalue weighted by atomic mass is 9.43. The molecule has 0 aromatic carbocycles. The lowest BCUT2D eigenvalue weighted by Crippen LogP contribution is -2.54. The zero-order chi connectivity index (χ0) is 21.7. The summed E-state index contributed by atoms with van der Waals surface area (Å²) < 4.78 is 0. The maximum Gasteiger partial charge on any atom is -0.0141 e. The first kappa shape index (κ1) is 22.9. The van der Waals surface area contributed by atoms with Crippen LogP contribution in [-0.2, 0) is 0 Å². The van der Waals surface area contributed by atoms with Crippen LogP contribution in [-0.4, -0.2) is 0 Å². The molecule has 0 radical (unpaired) electrons. The summed E-state index contributed by atoms with van der Waals surface area (Å²) in [5.41, 5.74) is 3.07. The largest absolute Gasteiger partial charge is 0.0845 e. The molecule has 4 aliphatic rings. The minimum absolute atomic E-state index is 0.571. The summed E-state index contributed by atoms with van der Waals surface area (Å²) in [5.74, 6) is 7.51. The Morgan fingerprint density at radius 1 is 1.03 bits per heavy atom. The second kappa shape index (κ2) is 8.59. The van der Waals surface area contributed by atoms with Gasteiger partial charge in [-0.3, -0.25) is 0 Å². The monoisotopic (exact) mass is 412 g/mol. The Hall–Kier alpha value is -0.260. The summed E-state index contributed by atoms with van der Waals surface area (Å²) in [6, 6.07) is 0. The van der Waals surface area contributed by atoms with Gasteiger partial charge in [-0.1, -0.05) is 85.8 Å². The van der Waals surface area contributed by atoms with E-state index in [1.54, 1.807) is 0 Å². The van der Waals surface area contributed by atoms with Gasteiger partial charge in [0.15, 0.2) is 0 Å². The summed E-state index contributed by atoms with van der Waals surface area (Å²) >= 11 is 0. The van der Waals surface area contributed by atoms with E-state index >= 15 is 0 Å². The fraction of sp³-hybridized carbons (Fsp3) is 0.933. The summed E-state index contributed by atoms with van der Waals surface area (Å²) in [6.07, 6.45) is 18.9. The lowest BCUT2D eigenvalue weighted by Gasteiger charge is -2.61. The van der Waals surface area contributed by atoms with E-state index in [0.717, 1.165) is 47.3 Å². The molecule has 4 aliphatic carbocycles. The summed E-state index contributed by atoms with van der Waals surface area (Å²) in [6.45, 7) is 17.9. The Morgan fingerprint density at radius 2 is 1.80 bits per heavy atom. The van der Waals surface area contributed by atoms with Gasteiger partial charge >= 0.3 is 0 Å². The molecule has 0 nitrogen and oxygen atoms in total. The van der Waals surface area contributed by atoms with Crippen LogP contribution in [0.15, 0.2) is 11.6 Å². The van der Waals surface area contributed by atoms with Crippen LogP contribution >= 0.6 is 0 Å². The molecule has 30 heavy (non-hydrogen) atoms. The quantitative estimate of drug-likeness (QED) is 0.381. The minimum Gasteiger partial charge on any atom is -0.0845 e. The fourth-order valence-corrected chi connectivity index (χ4v) is 9.79. The average Bonchev–Trinajstić information content (AvgIpc) is 3.05. The molecule has 3 saturated carbocycles. The van der Waals surface area contributed by atoms with E-state index < -0.39 is 0 Å². The molecule has 0 spiro atoms. The Kier molecular flexibility index (Phi) is 6.56. The van der Waals surface area contributed by atoms with E-state index in [4.69, 9.17) is 0 Å². The third-order valence-corrected chi connectivity index (χ3v) is 11.2. The van der Waals surface area contributed by atoms with Crippen molar-refractivity contribution >= 4 is 0 Å². The summed E-state index contributed by atoms with van der Waals surface area (Å²) in [7, 11) is 0. The van der Waals surface area contributed by atoms with E-state index in [9.17, 15) is 0 Å². The van der Waals surface area contributed by atoms with Gasteiger partial charge < -0.3 is 0 Å². The third-order valence-electron chi connectivity index (χ3n) is 11.2. The zero-order valence-corrected chi connectivity index (χ0v) is 21.5. The van der Waals surface area contributed by atoms with E-state index in [-0.39, 0.29) is 0 Å². The highest BCUT2D eigenvalue weighted by Gasteiger charge is 2.62. The van der Waals surface area contributed by atoms with Crippen LogP contribution in [0.25, 0.3) is 0 Å². The molecule has 3 fully saturated rings. The van der Waals surface area contributed by atoms with Crippen molar-refractivity contribution < 1.29 is 0 Å². The second-order valence-corrected chi connectivity index (χ2v) is 13.4. The first-order valence-electron chi connectivity index (χ1n) is 13.9. The van der Waals surface area contributed by atoms with Gasteiger partial charge in [-0.15, -0.1) is 0 Å². The van der Waals surface area contributed by atoms with Gasteiger partial charge in [-0.25, -0.2) is 0 Å². The molecule has 0 aromatic heterocycles. The maximum atomic E-state index is 2.78. The fourth-order valence-electron chi connectivity index (χ4n) is 9.79. The first-order chi connectivity index (χ1) is 14.2. The highest BCUT2D eigenvalue weighted by molar-refractivity contribution is 5.24. The molecule has 4 rings (SSSR count). The molecule has 0 amide bonds. The molecule has 9 atom stereocenters. The highest BCUT2D eigenvalue weighted by Crippen LogP contribution is 2.70. The van der Waals surface area contributed by atoms with Crippen LogP contribution in [0.5, 0.6) is 0 Å². The highest BCUT2D eigenvalue weighted by atomic mass is 14.7. The van der Waals surface area contributed by atoms with Gasteiger partial charge in [0, 0.05) is 0 Å². The number of rotatable bonds is 6. The number of fused-ring (bicyclic) bond motifs is 5. The first-order valence-corrected chi connectivity index (χ1v) is 13.9. The van der Waals surface area contributed by atoms with Crippen molar-refractivity contribution in [3.8, 4) is 0 Å². The average molecular weight is 413 g/mol. The molecule has 172 valence electrons. The molecule has 0 heteroatoms. The minimum atomic E-state index is 0.571. The molecule has 2 unspecified atom stereocenters. The normalized spacial score (nSPS) is 46.7. The standard InChI is InChI=1S/C30H52/c1-8-23-18-21(4)19-24-14-16-30(7)26(28(23)24)15-17-29(6)25(12-13-27(29)30)22(5)11-9-10-20(2)3/h14,20-23,25-28H,8-13,15-19H2,1-7H3/t21-,22+,23?,25+,26+,27+,28?,29+,30+/m0/s1. The van der Waals surface area contributed by atoms with Gasteiger partial charge in [0.25, 0.3) is 0 Å². The van der Waals surface area contributed by atoms with Crippen molar-refractivity contribution in [1.29, 1.82) is 0 Å². The van der Waals surface area contributed by atoms with Gasteiger partial charge in [-0.2, -0.15) is 0 Å². The van der Waals surface area contributed by atoms with Crippen LogP contribution in [0.2, 0.25) is 0 Å². The maximum absolute atomic E-state index is 2.78. The topological polar surface area (TPSA) is 0 Å².